The van der Waals surface area contributed by atoms with Crippen LogP contribution in [-0.4, -0.2) is 16.6 Å². The van der Waals surface area contributed by atoms with E-state index in [-0.39, 0.29) is 0 Å². The lowest BCUT2D eigenvalue weighted by atomic mass is 9.84. The molecule has 0 radical (unpaired) electrons. The molecule has 0 spiro atoms. The maximum Gasteiger partial charge on any atom is 0.323 e. The Hall–Kier alpha value is -1.35. The molecule has 0 aliphatic carbocycles. The summed E-state index contributed by atoms with van der Waals surface area (Å²) in [7, 11) is 0. The molecule has 0 aliphatic heterocycles. The summed E-state index contributed by atoms with van der Waals surface area (Å²) in [6.45, 7) is 7.99. The van der Waals surface area contributed by atoms with Crippen LogP contribution in [0.2, 0.25) is 0 Å². The van der Waals surface area contributed by atoms with Crippen molar-refractivity contribution >= 4 is 5.97 Å². The number of aryl methyl sites for hydroxylation is 3. The van der Waals surface area contributed by atoms with Gasteiger partial charge in [-0.2, -0.15) is 0 Å². The van der Waals surface area contributed by atoms with Gasteiger partial charge >= 0.3 is 5.97 Å². The van der Waals surface area contributed by atoms with Gasteiger partial charge in [0.15, 0.2) is 0 Å². The van der Waals surface area contributed by atoms with E-state index in [1.54, 1.807) is 6.92 Å². The normalized spacial score (nSPS) is 15.5. The summed E-state index contributed by atoms with van der Waals surface area (Å²) in [4.78, 5) is 11.1. The van der Waals surface area contributed by atoms with Crippen LogP contribution in [0.4, 0.5) is 0 Å². The fourth-order valence-electron chi connectivity index (χ4n) is 2.79. The van der Waals surface area contributed by atoms with Gasteiger partial charge in [-0.1, -0.05) is 43.5 Å². The minimum absolute atomic E-state index is 0.376. The summed E-state index contributed by atoms with van der Waals surface area (Å²) in [5.41, 5.74) is 8.78. The number of benzene rings is 1. The van der Waals surface area contributed by atoms with Gasteiger partial charge in [-0.15, -0.1) is 0 Å². The van der Waals surface area contributed by atoms with Crippen LogP contribution in [0.15, 0.2) is 18.2 Å². The topological polar surface area (TPSA) is 63.3 Å². The molecule has 2 atom stereocenters. The fourth-order valence-corrected chi connectivity index (χ4v) is 2.79. The highest BCUT2D eigenvalue weighted by molar-refractivity contribution is 5.77. The van der Waals surface area contributed by atoms with Gasteiger partial charge in [0, 0.05) is 0 Å². The van der Waals surface area contributed by atoms with Gasteiger partial charge in [-0.25, -0.2) is 0 Å². The van der Waals surface area contributed by atoms with Crippen LogP contribution in [0.5, 0.6) is 0 Å². The van der Waals surface area contributed by atoms with Crippen molar-refractivity contribution in [3.05, 3.63) is 34.9 Å². The second kappa shape index (κ2) is 7.60. The number of carboxylic acids is 1. The molecule has 1 rings (SSSR count). The molecule has 3 N–H and O–H groups in total. The fraction of sp³-hybridized carbons (Fsp3) is 0.611. The average Bonchev–Trinajstić information content (AvgIpc) is 2.41. The van der Waals surface area contributed by atoms with Crippen LogP contribution in [0.25, 0.3) is 0 Å². The van der Waals surface area contributed by atoms with Crippen molar-refractivity contribution in [1.82, 2.24) is 0 Å². The number of hydrogen-bond acceptors (Lipinski definition) is 2. The summed E-state index contributed by atoms with van der Waals surface area (Å²) < 4.78 is 0. The number of hydrogen-bond donors (Lipinski definition) is 2. The molecule has 0 fully saturated rings. The largest absolute Gasteiger partial charge is 0.480 e. The second-order valence-corrected chi connectivity index (χ2v) is 6.52. The number of carbonyl (C=O) groups is 1. The van der Waals surface area contributed by atoms with Gasteiger partial charge in [0.2, 0.25) is 0 Å². The zero-order valence-electron chi connectivity index (χ0n) is 13.8. The van der Waals surface area contributed by atoms with E-state index < -0.39 is 11.5 Å². The summed E-state index contributed by atoms with van der Waals surface area (Å²) in [5, 5.41) is 9.13. The minimum atomic E-state index is -1.11. The van der Waals surface area contributed by atoms with Crippen molar-refractivity contribution in [2.75, 3.05) is 0 Å². The molecular formula is C18H29NO2. The first-order chi connectivity index (χ1) is 9.76. The van der Waals surface area contributed by atoms with Crippen LogP contribution in [-0.2, 0) is 11.2 Å². The molecule has 118 valence electrons. The van der Waals surface area contributed by atoms with E-state index >= 15 is 0 Å². The molecule has 1 aromatic carbocycles. The van der Waals surface area contributed by atoms with Crippen molar-refractivity contribution in [1.29, 1.82) is 0 Å². The highest BCUT2D eigenvalue weighted by Gasteiger charge is 2.30. The first-order valence-corrected chi connectivity index (χ1v) is 7.84. The van der Waals surface area contributed by atoms with Crippen LogP contribution in [0.3, 0.4) is 0 Å². The summed E-state index contributed by atoms with van der Waals surface area (Å²) in [6.07, 6.45) is 4.69. The zero-order chi connectivity index (χ0) is 16.0. The van der Waals surface area contributed by atoms with E-state index in [4.69, 9.17) is 10.8 Å². The Morgan fingerprint density at radius 3 is 2.62 bits per heavy atom. The van der Waals surface area contributed by atoms with Crippen LogP contribution >= 0.6 is 0 Å². The van der Waals surface area contributed by atoms with Gasteiger partial charge < -0.3 is 10.8 Å². The Bertz CT molecular complexity index is 480. The van der Waals surface area contributed by atoms with Crippen molar-refractivity contribution in [2.45, 2.75) is 65.3 Å². The van der Waals surface area contributed by atoms with E-state index in [1.165, 1.54) is 16.7 Å². The zero-order valence-corrected chi connectivity index (χ0v) is 13.8. The molecule has 0 saturated heterocycles. The van der Waals surface area contributed by atoms with E-state index in [2.05, 4.69) is 39.0 Å². The summed E-state index contributed by atoms with van der Waals surface area (Å²) in [6, 6.07) is 6.56. The predicted molar refractivity (Wildman–Crippen MR) is 87.5 cm³/mol. The molecule has 0 bridgehead atoms. The third-order valence-corrected chi connectivity index (χ3v) is 4.34. The van der Waals surface area contributed by atoms with E-state index in [1.807, 2.05) is 0 Å². The molecule has 2 unspecified atom stereocenters. The van der Waals surface area contributed by atoms with Gasteiger partial charge in [0.25, 0.3) is 0 Å². The predicted octanol–water partition coefficient (Wildman–Crippen LogP) is 3.84. The lowest BCUT2D eigenvalue weighted by Crippen LogP contribution is -2.46. The monoisotopic (exact) mass is 291 g/mol. The molecule has 3 heteroatoms. The third kappa shape index (κ3) is 5.50. The molecule has 1 aromatic rings. The summed E-state index contributed by atoms with van der Waals surface area (Å²) in [5.74, 6) is -0.531. The maximum absolute atomic E-state index is 11.1. The van der Waals surface area contributed by atoms with Crippen molar-refractivity contribution in [3.8, 4) is 0 Å². The Morgan fingerprint density at radius 2 is 2.05 bits per heavy atom. The molecular weight excluding hydrogens is 262 g/mol. The molecule has 0 amide bonds. The quantitative estimate of drug-likeness (QED) is 0.764. The van der Waals surface area contributed by atoms with E-state index in [0.717, 1.165) is 25.7 Å². The number of nitrogens with two attached hydrogens (primary N) is 1. The van der Waals surface area contributed by atoms with Crippen LogP contribution < -0.4 is 5.73 Å². The number of carboxylic acid groups (broad SMARTS) is 1. The standard InChI is InChI=1S/C18H29NO2/c1-5-15(12-18(4,19)17(20)21)7-6-8-16-11-13(2)9-10-14(16)3/h9-11,15H,5-8,12,19H2,1-4H3,(H,20,21). The van der Waals surface area contributed by atoms with E-state index in [9.17, 15) is 4.79 Å². The summed E-state index contributed by atoms with van der Waals surface area (Å²) >= 11 is 0. The van der Waals surface area contributed by atoms with Gasteiger partial charge in [-0.05, 0) is 57.1 Å². The Morgan fingerprint density at radius 1 is 1.38 bits per heavy atom. The van der Waals surface area contributed by atoms with E-state index in [0.29, 0.717) is 12.3 Å². The van der Waals surface area contributed by atoms with Crippen molar-refractivity contribution in [3.63, 3.8) is 0 Å². The third-order valence-electron chi connectivity index (χ3n) is 4.34. The number of aliphatic carboxylic acids is 1. The lowest BCUT2D eigenvalue weighted by Gasteiger charge is -2.25. The molecule has 0 aliphatic rings. The Kier molecular flexibility index (Phi) is 6.41. The first-order valence-electron chi connectivity index (χ1n) is 7.84. The molecule has 0 aromatic heterocycles. The second-order valence-electron chi connectivity index (χ2n) is 6.52. The van der Waals surface area contributed by atoms with Gasteiger partial charge in [-0.3, -0.25) is 4.79 Å². The molecule has 0 saturated carbocycles. The first kappa shape index (κ1) is 17.7. The highest BCUT2D eigenvalue weighted by Crippen LogP contribution is 2.24. The average molecular weight is 291 g/mol. The Balaban J connectivity index is 2.53. The van der Waals surface area contributed by atoms with Crippen molar-refractivity contribution in [2.24, 2.45) is 11.7 Å². The molecule has 21 heavy (non-hydrogen) atoms. The molecule has 0 heterocycles. The van der Waals surface area contributed by atoms with Crippen LogP contribution in [0, 0.1) is 19.8 Å². The number of rotatable bonds is 8. The minimum Gasteiger partial charge on any atom is -0.480 e. The lowest BCUT2D eigenvalue weighted by molar-refractivity contribution is -0.143. The smallest absolute Gasteiger partial charge is 0.323 e. The molecule has 3 nitrogen and oxygen atoms in total. The van der Waals surface area contributed by atoms with Gasteiger partial charge in [0.05, 0.1) is 0 Å². The maximum atomic E-state index is 11.1. The van der Waals surface area contributed by atoms with Crippen molar-refractivity contribution < 1.29 is 9.90 Å². The Labute approximate surface area is 128 Å². The van der Waals surface area contributed by atoms with Gasteiger partial charge in [0.1, 0.15) is 5.54 Å². The van der Waals surface area contributed by atoms with Crippen LogP contribution in [0.1, 0.15) is 56.2 Å². The highest BCUT2D eigenvalue weighted by atomic mass is 16.4. The SMILES string of the molecule is CCC(CCCc1cc(C)ccc1C)CC(C)(N)C(=O)O.